The lowest BCUT2D eigenvalue weighted by atomic mass is 10.2. The molecule has 1 aromatic rings. The van der Waals surface area contributed by atoms with E-state index in [4.69, 9.17) is 0 Å². The van der Waals surface area contributed by atoms with Gasteiger partial charge in [0.25, 0.3) is 0 Å². The molecule has 5 nitrogen and oxygen atoms in total. The molecule has 126 valence electrons. The van der Waals surface area contributed by atoms with Gasteiger partial charge in [-0.2, -0.15) is 0 Å². The van der Waals surface area contributed by atoms with Gasteiger partial charge in [-0.3, -0.25) is 4.79 Å². The lowest BCUT2D eigenvalue weighted by molar-refractivity contribution is -0.132. The van der Waals surface area contributed by atoms with E-state index in [2.05, 4.69) is 36.5 Å². The predicted molar refractivity (Wildman–Crippen MR) is 93.7 cm³/mol. The van der Waals surface area contributed by atoms with Crippen molar-refractivity contribution in [3.63, 3.8) is 0 Å². The van der Waals surface area contributed by atoms with Crippen LogP contribution in [-0.2, 0) is 4.79 Å². The zero-order chi connectivity index (χ0) is 16.7. The van der Waals surface area contributed by atoms with Gasteiger partial charge in [-0.1, -0.05) is 17.7 Å². The largest absolute Gasteiger partial charge is 0.339 e. The van der Waals surface area contributed by atoms with Crippen molar-refractivity contribution in [2.24, 2.45) is 0 Å². The van der Waals surface area contributed by atoms with Gasteiger partial charge in [0, 0.05) is 49.8 Å². The van der Waals surface area contributed by atoms with E-state index in [1.165, 1.54) is 10.5 Å². The van der Waals surface area contributed by atoms with Crippen molar-refractivity contribution in [3.05, 3.63) is 29.8 Å². The number of piperazine rings is 1. The maximum absolute atomic E-state index is 12.2. The van der Waals surface area contributed by atoms with Crippen molar-refractivity contribution in [3.8, 4) is 0 Å². The van der Waals surface area contributed by atoms with Gasteiger partial charge in [0.15, 0.2) is 0 Å². The second-order valence-corrected chi connectivity index (χ2v) is 6.78. The number of nitrogens with zero attached hydrogens (tertiary/aromatic N) is 2. The van der Waals surface area contributed by atoms with Crippen LogP contribution in [0.4, 0.5) is 4.79 Å². The van der Waals surface area contributed by atoms with E-state index in [1.807, 2.05) is 11.8 Å². The van der Waals surface area contributed by atoms with Gasteiger partial charge in [0.05, 0.1) is 0 Å². The highest BCUT2D eigenvalue weighted by molar-refractivity contribution is 7.99. The Bertz CT molecular complexity index is 525. The first-order valence-electron chi connectivity index (χ1n) is 8.10. The van der Waals surface area contributed by atoms with Gasteiger partial charge in [-0.15, -0.1) is 11.8 Å². The SMILES string of the molecule is CCNC(=O)N1CCN(C(=O)CCSc2ccc(C)cc2)CC1. The molecule has 23 heavy (non-hydrogen) atoms. The molecular weight excluding hydrogens is 310 g/mol. The monoisotopic (exact) mass is 335 g/mol. The summed E-state index contributed by atoms with van der Waals surface area (Å²) in [6, 6.07) is 8.33. The summed E-state index contributed by atoms with van der Waals surface area (Å²) in [6.07, 6.45) is 0.541. The van der Waals surface area contributed by atoms with Gasteiger partial charge in [-0.25, -0.2) is 4.79 Å². The van der Waals surface area contributed by atoms with Crippen molar-refractivity contribution in [2.75, 3.05) is 38.5 Å². The Hall–Kier alpha value is -1.69. The molecule has 1 heterocycles. The fraction of sp³-hybridized carbons (Fsp3) is 0.529. The summed E-state index contributed by atoms with van der Waals surface area (Å²) in [4.78, 5) is 28.8. The van der Waals surface area contributed by atoms with Crippen LogP contribution in [0.3, 0.4) is 0 Å². The maximum atomic E-state index is 12.2. The number of hydrogen-bond donors (Lipinski definition) is 1. The molecule has 0 aliphatic carbocycles. The minimum absolute atomic E-state index is 0.0328. The molecule has 0 unspecified atom stereocenters. The molecule has 2 rings (SSSR count). The Morgan fingerprint density at radius 3 is 2.30 bits per heavy atom. The second-order valence-electron chi connectivity index (χ2n) is 5.61. The molecule has 0 saturated carbocycles. The van der Waals surface area contributed by atoms with E-state index in [0.29, 0.717) is 39.1 Å². The van der Waals surface area contributed by atoms with Crippen molar-refractivity contribution in [1.82, 2.24) is 15.1 Å². The van der Waals surface area contributed by atoms with Crippen LogP contribution in [0.1, 0.15) is 18.9 Å². The maximum Gasteiger partial charge on any atom is 0.317 e. The van der Waals surface area contributed by atoms with Crippen LogP contribution < -0.4 is 5.32 Å². The smallest absolute Gasteiger partial charge is 0.317 e. The van der Waals surface area contributed by atoms with Gasteiger partial charge in [0.2, 0.25) is 5.91 Å². The number of aryl methyl sites for hydroxylation is 1. The average molecular weight is 335 g/mol. The van der Waals surface area contributed by atoms with E-state index in [1.54, 1.807) is 16.7 Å². The van der Waals surface area contributed by atoms with Crippen LogP contribution >= 0.6 is 11.8 Å². The third kappa shape index (κ3) is 5.46. The number of carbonyl (C=O) groups excluding carboxylic acids is 2. The van der Waals surface area contributed by atoms with Crippen LogP contribution in [0, 0.1) is 6.92 Å². The van der Waals surface area contributed by atoms with E-state index >= 15 is 0 Å². The molecule has 0 spiro atoms. The Labute approximate surface area is 142 Å². The normalized spacial score (nSPS) is 14.7. The summed E-state index contributed by atoms with van der Waals surface area (Å²) in [5.74, 6) is 0.971. The molecule has 0 bridgehead atoms. The first-order valence-corrected chi connectivity index (χ1v) is 9.08. The van der Waals surface area contributed by atoms with Crippen LogP contribution in [-0.4, -0.2) is 60.2 Å². The number of benzene rings is 1. The third-order valence-electron chi connectivity index (χ3n) is 3.85. The van der Waals surface area contributed by atoms with E-state index in [-0.39, 0.29) is 11.9 Å². The van der Waals surface area contributed by atoms with Gasteiger partial charge >= 0.3 is 6.03 Å². The Balaban J connectivity index is 1.68. The molecule has 1 aliphatic heterocycles. The van der Waals surface area contributed by atoms with Crippen molar-refractivity contribution in [1.29, 1.82) is 0 Å². The second kappa shape index (κ2) is 8.82. The molecule has 6 heteroatoms. The fourth-order valence-electron chi connectivity index (χ4n) is 2.47. The minimum atomic E-state index is -0.0328. The molecule has 0 atom stereocenters. The Morgan fingerprint density at radius 2 is 1.70 bits per heavy atom. The summed E-state index contributed by atoms with van der Waals surface area (Å²) in [7, 11) is 0. The molecule has 0 radical (unpaired) electrons. The van der Waals surface area contributed by atoms with E-state index < -0.39 is 0 Å². The highest BCUT2D eigenvalue weighted by atomic mass is 32.2. The summed E-state index contributed by atoms with van der Waals surface area (Å²) in [6.45, 7) is 7.09. The lowest BCUT2D eigenvalue weighted by Gasteiger charge is -2.34. The molecule has 1 aromatic carbocycles. The molecule has 1 N–H and O–H groups in total. The minimum Gasteiger partial charge on any atom is -0.339 e. The highest BCUT2D eigenvalue weighted by Gasteiger charge is 2.23. The zero-order valence-electron chi connectivity index (χ0n) is 13.9. The zero-order valence-corrected chi connectivity index (χ0v) is 14.7. The Morgan fingerprint density at radius 1 is 1.09 bits per heavy atom. The first kappa shape index (κ1) is 17.7. The quantitative estimate of drug-likeness (QED) is 0.841. The molecule has 0 aromatic heterocycles. The fourth-order valence-corrected chi connectivity index (χ4v) is 3.31. The van der Waals surface area contributed by atoms with Gasteiger partial charge < -0.3 is 15.1 Å². The molecule has 3 amide bonds. The third-order valence-corrected chi connectivity index (χ3v) is 4.87. The summed E-state index contributed by atoms with van der Waals surface area (Å²) >= 11 is 1.71. The van der Waals surface area contributed by atoms with E-state index in [0.717, 1.165) is 5.75 Å². The van der Waals surface area contributed by atoms with Crippen molar-refractivity contribution >= 4 is 23.7 Å². The van der Waals surface area contributed by atoms with Gasteiger partial charge in [-0.05, 0) is 26.0 Å². The number of carbonyl (C=O) groups is 2. The van der Waals surface area contributed by atoms with Crippen LogP contribution in [0.25, 0.3) is 0 Å². The molecular formula is C17H25N3O2S. The number of nitrogens with one attached hydrogen (secondary N) is 1. The highest BCUT2D eigenvalue weighted by Crippen LogP contribution is 2.19. The first-order chi connectivity index (χ1) is 11.1. The number of urea groups is 1. The average Bonchev–Trinajstić information content (AvgIpc) is 2.57. The van der Waals surface area contributed by atoms with Crippen LogP contribution in [0.5, 0.6) is 0 Å². The molecule has 1 fully saturated rings. The molecule has 1 saturated heterocycles. The number of hydrogen-bond acceptors (Lipinski definition) is 3. The topological polar surface area (TPSA) is 52.7 Å². The predicted octanol–water partition coefficient (Wildman–Crippen LogP) is 2.35. The summed E-state index contributed by atoms with van der Waals surface area (Å²) in [5.41, 5.74) is 1.25. The van der Waals surface area contributed by atoms with E-state index in [9.17, 15) is 9.59 Å². The summed E-state index contributed by atoms with van der Waals surface area (Å²) in [5, 5.41) is 2.80. The summed E-state index contributed by atoms with van der Waals surface area (Å²) < 4.78 is 0. The number of thioether (sulfide) groups is 1. The number of rotatable bonds is 5. The standard InChI is InChI=1S/C17H25N3O2S/c1-3-18-17(22)20-11-9-19(10-12-20)16(21)8-13-23-15-6-4-14(2)5-7-15/h4-7H,3,8-13H2,1-2H3,(H,18,22). The van der Waals surface area contributed by atoms with Crippen molar-refractivity contribution < 1.29 is 9.59 Å². The van der Waals surface area contributed by atoms with Crippen LogP contribution in [0.15, 0.2) is 29.2 Å². The van der Waals surface area contributed by atoms with Crippen molar-refractivity contribution in [2.45, 2.75) is 25.2 Å². The Kier molecular flexibility index (Phi) is 6.77. The lowest BCUT2D eigenvalue weighted by Crippen LogP contribution is -2.53. The number of amides is 3. The molecule has 1 aliphatic rings. The van der Waals surface area contributed by atoms with Crippen LogP contribution in [0.2, 0.25) is 0 Å². The van der Waals surface area contributed by atoms with Gasteiger partial charge in [0.1, 0.15) is 0 Å².